The van der Waals surface area contributed by atoms with Crippen LogP contribution in [0.25, 0.3) is 0 Å². The van der Waals surface area contributed by atoms with Crippen LogP contribution >= 0.6 is 11.6 Å². The second-order valence-corrected chi connectivity index (χ2v) is 5.07. The second kappa shape index (κ2) is 6.71. The molecule has 1 aromatic rings. The Kier molecular flexibility index (Phi) is 4.96. The van der Waals surface area contributed by atoms with E-state index in [2.05, 4.69) is 15.4 Å². The molecule has 1 heterocycles. The summed E-state index contributed by atoms with van der Waals surface area (Å²) in [6, 6.07) is 3.98. The predicted octanol–water partition coefficient (Wildman–Crippen LogP) is 2.67. The number of nitrogens with two attached hydrogens (primary N) is 1. The highest BCUT2D eigenvalue weighted by atomic mass is 35.5. The number of pyridine rings is 1. The summed E-state index contributed by atoms with van der Waals surface area (Å²) in [5.74, 6) is 6.20. The molecule has 4 nitrogen and oxygen atoms in total. The Hall–Kier alpha value is -1.13. The van der Waals surface area contributed by atoms with Gasteiger partial charge >= 0.3 is 0 Å². The van der Waals surface area contributed by atoms with Gasteiger partial charge in [-0.2, -0.15) is 0 Å². The standard InChI is InChI=1S/C13H19ClN4/c14-10-7-8-12(16-9-10)13(18-15)17-11-5-3-1-2-4-6-11/h7-9,11H,1-6,15H2,(H,17,18). The van der Waals surface area contributed by atoms with E-state index in [1.54, 1.807) is 12.3 Å². The maximum absolute atomic E-state index is 5.82. The van der Waals surface area contributed by atoms with Crippen LogP contribution in [0.4, 0.5) is 0 Å². The van der Waals surface area contributed by atoms with Gasteiger partial charge in [0.1, 0.15) is 5.69 Å². The predicted molar refractivity (Wildman–Crippen MR) is 74.6 cm³/mol. The molecule has 18 heavy (non-hydrogen) atoms. The van der Waals surface area contributed by atoms with Gasteiger partial charge < -0.3 is 5.43 Å². The van der Waals surface area contributed by atoms with Gasteiger partial charge in [-0.15, -0.1) is 0 Å². The van der Waals surface area contributed by atoms with Crippen molar-refractivity contribution < 1.29 is 0 Å². The molecule has 3 N–H and O–H groups in total. The summed E-state index contributed by atoms with van der Waals surface area (Å²) < 4.78 is 0. The van der Waals surface area contributed by atoms with E-state index in [1.165, 1.54) is 25.7 Å². The highest BCUT2D eigenvalue weighted by Crippen LogP contribution is 2.20. The Balaban J connectivity index is 2.13. The molecule has 0 spiro atoms. The average Bonchev–Trinajstić information content (AvgIpc) is 2.66. The number of hydrogen-bond donors (Lipinski definition) is 2. The number of hydrogen-bond acceptors (Lipinski definition) is 3. The molecule has 1 fully saturated rings. The van der Waals surface area contributed by atoms with E-state index in [9.17, 15) is 0 Å². The highest BCUT2D eigenvalue weighted by molar-refractivity contribution is 6.30. The SMILES string of the molecule is NNC(=NC1CCCCCC1)c1ccc(Cl)cn1. The fraction of sp³-hybridized carbons (Fsp3) is 0.538. The van der Waals surface area contributed by atoms with Crippen LogP contribution in [0.2, 0.25) is 5.02 Å². The minimum atomic E-state index is 0.357. The van der Waals surface area contributed by atoms with E-state index in [1.807, 2.05) is 6.07 Å². The Morgan fingerprint density at radius 1 is 1.28 bits per heavy atom. The van der Waals surface area contributed by atoms with Crippen molar-refractivity contribution >= 4 is 17.4 Å². The maximum atomic E-state index is 5.82. The van der Waals surface area contributed by atoms with Crippen molar-refractivity contribution in [1.82, 2.24) is 10.4 Å². The van der Waals surface area contributed by atoms with Crippen LogP contribution < -0.4 is 11.3 Å². The molecule has 0 radical (unpaired) electrons. The van der Waals surface area contributed by atoms with Crippen LogP contribution in [-0.2, 0) is 0 Å². The molecule has 1 aromatic heterocycles. The van der Waals surface area contributed by atoms with Gasteiger partial charge in [-0.25, -0.2) is 5.84 Å². The van der Waals surface area contributed by atoms with E-state index >= 15 is 0 Å². The van der Waals surface area contributed by atoms with Gasteiger partial charge in [0, 0.05) is 6.20 Å². The number of nitrogens with one attached hydrogen (secondary N) is 1. The molecule has 0 atom stereocenters. The lowest BCUT2D eigenvalue weighted by Crippen LogP contribution is -2.33. The number of amidine groups is 1. The Morgan fingerprint density at radius 3 is 2.56 bits per heavy atom. The minimum Gasteiger partial charge on any atom is -0.307 e. The number of nitrogens with zero attached hydrogens (tertiary/aromatic N) is 2. The first-order valence-electron chi connectivity index (χ1n) is 6.46. The lowest BCUT2D eigenvalue weighted by Gasteiger charge is -2.12. The lowest BCUT2D eigenvalue weighted by molar-refractivity contribution is 0.583. The zero-order valence-corrected chi connectivity index (χ0v) is 11.2. The van der Waals surface area contributed by atoms with Gasteiger partial charge in [-0.3, -0.25) is 9.98 Å². The van der Waals surface area contributed by atoms with Gasteiger partial charge in [0.05, 0.1) is 11.1 Å². The molecule has 0 aliphatic heterocycles. The molecule has 0 aromatic carbocycles. The van der Waals surface area contributed by atoms with E-state index in [0.717, 1.165) is 18.5 Å². The van der Waals surface area contributed by atoms with Crippen molar-refractivity contribution in [1.29, 1.82) is 0 Å². The summed E-state index contributed by atoms with van der Waals surface area (Å²) in [5.41, 5.74) is 3.39. The van der Waals surface area contributed by atoms with Crippen molar-refractivity contribution in [2.24, 2.45) is 10.8 Å². The van der Waals surface area contributed by atoms with Gasteiger partial charge in [0.25, 0.3) is 0 Å². The topological polar surface area (TPSA) is 63.3 Å². The van der Waals surface area contributed by atoms with E-state index in [-0.39, 0.29) is 0 Å². The summed E-state index contributed by atoms with van der Waals surface area (Å²) in [4.78, 5) is 8.92. The van der Waals surface area contributed by atoms with E-state index < -0.39 is 0 Å². The molecule has 1 saturated carbocycles. The number of aliphatic imine (C=N–C) groups is 1. The maximum Gasteiger partial charge on any atom is 0.161 e. The highest BCUT2D eigenvalue weighted by Gasteiger charge is 2.13. The molecule has 1 aliphatic rings. The second-order valence-electron chi connectivity index (χ2n) is 4.63. The van der Waals surface area contributed by atoms with Gasteiger partial charge in [0.15, 0.2) is 5.84 Å². The molecule has 0 unspecified atom stereocenters. The van der Waals surface area contributed by atoms with E-state index in [4.69, 9.17) is 17.4 Å². The molecule has 98 valence electrons. The number of aromatic nitrogens is 1. The van der Waals surface area contributed by atoms with Crippen molar-refractivity contribution in [3.05, 3.63) is 29.0 Å². The summed E-state index contributed by atoms with van der Waals surface area (Å²) in [7, 11) is 0. The van der Waals surface area contributed by atoms with Gasteiger partial charge in [0.2, 0.25) is 0 Å². The third kappa shape index (κ3) is 3.68. The smallest absolute Gasteiger partial charge is 0.161 e. The van der Waals surface area contributed by atoms with Crippen LogP contribution in [0.5, 0.6) is 0 Å². The number of halogens is 1. The van der Waals surface area contributed by atoms with Crippen molar-refractivity contribution in [3.8, 4) is 0 Å². The number of hydrazine groups is 1. The fourth-order valence-electron chi connectivity index (χ4n) is 2.26. The quantitative estimate of drug-likeness (QED) is 0.284. The fourth-order valence-corrected chi connectivity index (χ4v) is 2.37. The first kappa shape index (κ1) is 13.3. The normalized spacial score (nSPS) is 18.4. The summed E-state index contributed by atoms with van der Waals surface area (Å²) in [6.45, 7) is 0. The van der Waals surface area contributed by atoms with Crippen LogP contribution in [0.15, 0.2) is 23.3 Å². The molecular formula is C13H19ClN4. The largest absolute Gasteiger partial charge is 0.307 e. The molecule has 0 bridgehead atoms. The Bertz CT molecular complexity index is 394. The molecule has 1 aliphatic carbocycles. The third-order valence-electron chi connectivity index (χ3n) is 3.24. The first-order valence-corrected chi connectivity index (χ1v) is 6.84. The van der Waals surface area contributed by atoms with Crippen LogP contribution in [-0.4, -0.2) is 16.9 Å². The van der Waals surface area contributed by atoms with Crippen molar-refractivity contribution in [3.63, 3.8) is 0 Å². The average molecular weight is 267 g/mol. The summed E-state index contributed by atoms with van der Waals surface area (Å²) >= 11 is 5.82. The monoisotopic (exact) mass is 266 g/mol. The van der Waals surface area contributed by atoms with Gasteiger partial charge in [-0.05, 0) is 25.0 Å². The Morgan fingerprint density at radius 2 is 2.00 bits per heavy atom. The van der Waals surface area contributed by atoms with Crippen LogP contribution in [0, 0.1) is 0 Å². The molecule has 0 amide bonds. The molecule has 2 rings (SSSR count). The van der Waals surface area contributed by atoms with Crippen molar-refractivity contribution in [2.45, 2.75) is 44.6 Å². The van der Waals surface area contributed by atoms with Crippen molar-refractivity contribution in [2.75, 3.05) is 0 Å². The molecule has 5 heteroatoms. The van der Waals surface area contributed by atoms with Crippen LogP contribution in [0.3, 0.4) is 0 Å². The molecular weight excluding hydrogens is 248 g/mol. The Labute approximate surface area is 113 Å². The van der Waals surface area contributed by atoms with E-state index in [0.29, 0.717) is 16.9 Å². The third-order valence-corrected chi connectivity index (χ3v) is 3.47. The summed E-state index contributed by atoms with van der Waals surface area (Å²) in [5, 5.41) is 0.615. The zero-order valence-electron chi connectivity index (χ0n) is 10.4. The lowest BCUT2D eigenvalue weighted by atomic mass is 10.1. The molecule has 0 saturated heterocycles. The summed E-state index contributed by atoms with van der Waals surface area (Å²) in [6.07, 6.45) is 9.02. The first-order chi connectivity index (χ1) is 8.79. The minimum absolute atomic E-state index is 0.357. The number of rotatable bonds is 2. The van der Waals surface area contributed by atoms with Crippen LogP contribution in [0.1, 0.15) is 44.2 Å². The zero-order chi connectivity index (χ0) is 12.8. The van der Waals surface area contributed by atoms with Gasteiger partial charge in [-0.1, -0.05) is 37.3 Å².